The molecule has 0 aliphatic carbocycles. The van der Waals surface area contributed by atoms with Gasteiger partial charge in [-0.05, 0) is 166 Å². The van der Waals surface area contributed by atoms with E-state index in [1.54, 1.807) is 12.7 Å². The maximum absolute atomic E-state index is 4.92. The summed E-state index contributed by atoms with van der Waals surface area (Å²) in [5.41, 5.74) is 20.2. The molecule has 2 aliphatic heterocycles. The molecule has 6 heteroatoms. The Labute approximate surface area is 458 Å². The SMILES string of the molecule is c1ccc(-c2cc(-c3ccccc3)cc(N3c4cc(-c5ncncn5)cc5c4B(c4ccc6cc7ccccc7cc6c43)c3ccc4cc6ccccc6cc4c3N5c3cc(-c4ccccc4)cc(-c4ccccc4)c3)c2)cc1. The largest absolute Gasteiger partial charge is 0.311 e. The van der Waals surface area contributed by atoms with Crippen molar-refractivity contribution in [1.82, 2.24) is 15.0 Å². The molecule has 3 heterocycles. The van der Waals surface area contributed by atoms with Crippen molar-refractivity contribution in [1.29, 1.82) is 0 Å². The van der Waals surface area contributed by atoms with Crippen LogP contribution in [0.5, 0.6) is 0 Å². The first-order valence-corrected chi connectivity index (χ1v) is 27.0. The van der Waals surface area contributed by atoms with Gasteiger partial charge in [0.2, 0.25) is 0 Å². The third kappa shape index (κ3) is 7.44. The molecule has 0 radical (unpaired) electrons. The van der Waals surface area contributed by atoms with E-state index in [1.165, 1.54) is 59.5 Å². The minimum Gasteiger partial charge on any atom is -0.311 e. The fraction of sp³-hybridized carbons (Fsp3) is 0. The van der Waals surface area contributed by atoms with Crippen LogP contribution in [0, 0.1) is 0 Å². The monoisotopic (exact) mass is 1000 g/mol. The summed E-state index contributed by atoms with van der Waals surface area (Å²) in [7, 11) is 0. The topological polar surface area (TPSA) is 45.2 Å². The fourth-order valence-electron chi connectivity index (χ4n) is 12.7. The molecular weight excluding hydrogens is 958 g/mol. The summed E-state index contributed by atoms with van der Waals surface area (Å²) in [6.45, 7) is -0.182. The van der Waals surface area contributed by atoms with E-state index in [2.05, 4.69) is 282 Å². The van der Waals surface area contributed by atoms with Crippen molar-refractivity contribution in [3.63, 3.8) is 0 Å². The molecular formula is C73H46BN5. The number of rotatable bonds is 7. The van der Waals surface area contributed by atoms with Gasteiger partial charge in [0.1, 0.15) is 12.7 Å². The summed E-state index contributed by atoms with van der Waals surface area (Å²) < 4.78 is 0. The molecule has 0 bridgehead atoms. The molecule has 0 saturated carbocycles. The van der Waals surface area contributed by atoms with Crippen molar-refractivity contribution >= 4 is 100 Å². The number of anilines is 6. The summed E-state index contributed by atoms with van der Waals surface area (Å²) >= 11 is 0. The molecule has 0 amide bonds. The third-order valence-electron chi connectivity index (χ3n) is 16.3. The minimum absolute atomic E-state index is 0.182. The van der Waals surface area contributed by atoms with Crippen molar-refractivity contribution in [3.05, 3.63) is 280 Å². The zero-order chi connectivity index (χ0) is 52.0. The lowest BCUT2D eigenvalue weighted by atomic mass is 9.33. The van der Waals surface area contributed by atoms with Crippen molar-refractivity contribution in [2.75, 3.05) is 9.80 Å². The van der Waals surface area contributed by atoms with Crippen LogP contribution >= 0.6 is 0 Å². The van der Waals surface area contributed by atoms with Crippen LogP contribution in [0.1, 0.15) is 0 Å². The standard InChI is InChI=1S/C73H46BN5/c1-5-17-47(18-6-1)57-35-58(48-19-7-2-8-20-48)38-62(37-57)78-68-43-61(73-76-45-75-46-77-73)44-69-70(68)74(66-31-29-55-33-51-25-13-15-27-53(51)41-64(55)71(66)78)67-32-30-56-34-52-26-14-16-28-54(52)42-65(56)72(67)79(69)63-39-59(49-21-9-3-10-22-49)36-60(40-63)50-23-11-4-12-24-50/h1-46H. The van der Waals surface area contributed by atoms with Crippen molar-refractivity contribution in [2.45, 2.75) is 0 Å². The lowest BCUT2D eigenvalue weighted by molar-refractivity contribution is 1.06. The smallest absolute Gasteiger partial charge is 0.252 e. The van der Waals surface area contributed by atoms with Crippen LogP contribution in [0.4, 0.5) is 34.1 Å². The fourth-order valence-corrected chi connectivity index (χ4v) is 12.7. The number of nitrogens with zero attached hydrogens (tertiary/aromatic N) is 5. The molecule has 79 heavy (non-hydrogen) atoms. The molecule has 2 aliphatic rings. The van der Waals surface area contributed by atoms with Gasteiger partial charge >= 0.3 is 0 Å². The van der Waals surface area contributed by atoms with Crippen molar-refractivity contribution < 1.29 is 0 Å². The second-order valence-electron chi connectivity index (χ2n) is 20.8. The quantitative estimate of drug-likeness (QED) is 0.118. The Morgan fingerprint density at radius 3 is 1.01 bits per heavy atom. The Morgan fingerprint density at radius 2 is 0.633 bits per heavy atom. The molecule has 0 saturated heterocycles. The molecule has 0 spiro atoms. The highest BCUT2D eigenvalue weighted by Gasteiger charge is 2.45. The summed E-state index contributed by atoms with van der Waals surface area (Å²) in [6.07, 6.45) is 3.22. The number of benzene rings is 13. The molecule has 16 rings (SSSR count). The molecule has 0 N–H and O–H groups in total. The van der Waals surface area contributed by atoms with Gasteiger partial charge in [0.05, 0.1) is 0 Å². The number of fused-ring (bicyclic) bond motifs is 10. The highest BCUT2D eigenvalue weighted by atomic mass is 15.2. The lowest BCUT2D eigenvalue weighted by Crippen LogP contribution is -2.61. The molecule has 1 aromatic heterocycles. The first kappa shape index (κ1) is 44.8. The van der Waals surface area contributed by atoms with E-state index in [4.69, 9.17) is 9.97 Å². The first-order chi connectivity index (χ1) is 39.1. The number of hydrogen-bond donors (Lipinski definition) is 0. The minimum atomic E-state index is -0.182. The van der Waals surface area contributed by atoms with Gasteiger partial charge in [-0.3, -0.25) is 0 Å². The predicted octanol–water partition coefficient (Wildman–Crippen LogP) is 16.9. The van der Waals surface area contributed by atoms with Gasteiger partial charge in [-0.25, -0.2) is 15.0 Å². The molecule has 0 unspecified atom stereocenters. The van der Waals surface area contributed by atoms with E-state index in [9.17, 15) is 0 Å². The molecule has 5 nitrogen and oxygen atoms in total. The molecule has 366 valence electrons. The summed E-state index contributed by atoms with van der Waals surface area (Å²) in [4.78, 5) is 19.3. The summed E-state index contributed by atoms with van der Waals surface area (Å²) in [5.74, 6) is 0.598. The van der Waals surface area contributed by atoms with Crippen LogP contribution in [0.2, 0.25) is 0 Å². The van der Waals surface area contributed by atoms with Gasteiger partial charge in [-0.15, -0.1) is 0 Å². The Morgan fingerprint density at radius 1 is 0.278 bits per heavy atom. The number of hydrogen-bond acceptors (Lipinski definition) is 5. The normalized spacial score (nSPS) is 12.5. The predicted molar refractivity (Wildman–Crippen MR) is 331 cm³/mol. The second-order valence-corrected chi connectivity index (χ2v) is 20.8. The molecule has 0 fully saturated rings. The zero-order valence-corrected chi connectivity index (χ0v) is 42.9. The van der Waals surface area contributed by atoms with Gasteiger partial charge < -0.3 is 9.80 Å². The summed E-state index contributed by atoms with van der Waals surface area (Å²) in [6, 6.07) is 98.7. The van der Waals surface area contributed by atoms with Crippen LogP contribution in [0.25, 0.3) is 99.0 Å². The van der Waals surface area contributed by atoms with Crippen LogP contribution in [0.15, 0.2) is 280 Å². The average Bonchev–Trinajstić information content (AvgIpc) is 2.89. The highest BCUT2D eigenvalue weighted by Crippen LogP contribution is 2.51. The summed E-state index contributed by atoms with van der Waals surface area (Å²) in [5, 5.41) is 9.51. The second kappa shape index (κ2) is 18.1. The molecule has 0 atom stereocenters. The van der Waals surface area contributed by atoms with Crippen LogP contribution in [0.3, 0.4) is 0 Å². The van der Waals surface area contributed by atoms with E-state index < -0.39 is 0 Å². The zero-order valence-electron chi connectivity index (χ0n) is 42.9. The third-order valence-corrected chi connectivity index (χ3v) is 16.3. The lowest BCUT2D eigenvalue weighted by Gasteiger charge is -2.45. The Bertz CT molecular complexity index is 4330. The van der Waals surface area contributed by atoms with E-state index in [-0.39, 0.29) is 6.71 Å². The van der Waals surface area contributed by atoms with Crippen LogP contribution in [-0.4, -0.2) is 21.7 Å². The van der Waals surface area contributed by atoms with E-state index in [1.807, 2.05) is 0 Å². The van der Waals surface area contributed by atoms with Crippen LogP contribution in [-0.2, 0) is 0 Å². The first-order valence-electron chi connectivity index (χ1n) is 27.0. The Balaban J connectivity index is 1.08. The van der Waals surface area contributed by atoms with Gasteiger partial charge in [-0.2, -0.15) is 0 Å². The Kier molecular flexibility index (Phi) is 10.3. The van der Waals surface area contributed by atoms with E-state index in [0.717, 1.165) is 84.2 Å². The molecule has 14 aromatic rings. The maximum atomic E-state index is 4.92. The average molecular weight is 1000 g/mol. The Hall–Kier alpha value is -10.4. The van der Waals surface area contributed by atoms with Crippen molar-refractivity contribution in [2.24, 2.45) is 0 Å². The van der Waals surface area contributed by atoms with Gasteiger partial charge in [-0.1, -0.05) is 194 Å². The molecule has 13 aromatic carbocycles. The van der Waals surface area contributed by atoms with Crippen molar-refractivity contribution in [3.8, 4) is 55.9 Å². The number of aromatic nitrogens is 3. The van der Waals surface area contributed by atoms with E-state index in [0.29, 0.717) is 5.82 Å². The van der Waals surface area contributed by atoms with E-state index >= 15 is 0 Å². The van der Waals surface area contributed by atoms with Gasteiger partial charge in [0.25, 0.3) is 6.71 Å². The van der Waals surface area contributed by atoms with Gasteiger partial charge in [0.15, 0.2) is 5.82 Å². The highest BCUT2D eigenvalue weighted by molar-refractivity contribution is 7.00. The van der Waals surface area contributed by atoms with Gasteiger partial charge in [0, 0.05) is 50.5 Å². The maximum Gasteiger partial charge on any atom is 0.252 e. The van der Waals surface area contributed by atoms with Crippen LogP contribution < -0.4 is 26.2 Å².